The standard InChI is InChI=1S/C15H16N4O2/c1-9-7-10(5-6-13(9)16)14(20)18-11-3-2-4-12(8-11)19-15(17)21/h2-8H,16H2,1H3,(H,18,20)(H3,17,19,21). The fourth-order valence-corrected chi connectivity index (χ4v) is 1.84. The molecule has 0 saturated carbocycles. The van der Waals surface area contributed by atoms with Gasteiger partial charge in [-0.2, -0.15) is 0 Å². The predicted molar refractivity (Wildman–Crippen MR) is 83.2 cm³/mol. The third-order valence-corrected chi connectivity index (χ3v) is 2.92. The number of primary amides is 1. The van der Waals surface area contributed by atoms with Gasteiger partial charge >= 0.3 is 6.03 Å². The molecule has 0 bridgehead atoms. The average molecular weight is 284 g/mol. The predicted octanol–water partition coefficient (Wildman–Crippen LogP) is 2.32. The van der Waals surface area contributed by atoms with Gasteiger partial charge in [0.1, 0.15) is 0 Å². The van der Waals surface area contributed by atoms with Crippen LogP contribution in [-0.2, 0) is 0 Å². The second-order valence-corrected chi connectivity index (χ2v) is 4.60. The minimum Gasteiger partial charge on any atom is -0.399 e. The molecular weight excluding hydrogens is 268 g/mol. The van der Waals surface area contributed by atoms with Crippen LogP contribution in [0.15, 0.2) is 42.5 Å². The first-order chi connectivity index (χ1) is 9.95. The lowest BCUT2D eigenvalue weighted by atomic mass is 10.1. The Morgan fingerprint density at radius 3 is 2.29 bits per heavy atom. The Labute approximate surface area is 122 Å². The van der Waals surface area contributed by atoms with Crippen molar-refractivity contribution in [3.8, 4) is 0 Å². The van der Waals surface area contributed by atoms with Gasteiger partial charge in [-0.1, -0.05) is 6.07 Å². The number of nitrogen functional groups attached to an aromatic ring is 1. The Hall–Kier alpha value is -3.02. The summed E-state index contributed by atoms with van der Waals surface area (Å²) in [7, 11) is 0. The minimum absolute atomic E-state index is 0.255. The molecular formula is C15H16N4O2. The number of hydrogen-bond acceptors (Lipinski definition) is 3. The summed E-state index contributed by atoms with van der Waals surface area (Å²) in [5.74, 6) is -0.255. The molecule has 0 aliphatic rings. The minimum atomic E-state index is -0.660. The lowest BCUT2D eigenvalue weighted by Crippen LogP contribution is -2.19. The lowest BCUT2D eigenvalue weighted by molar-refractivity contribution is 0.102. The Morgan fingerprint density at radius 1 is 1.00 bits per heavy atom. The summed E-state index contributed by atoms with van der Waals surface area (Å²) in [4.78, 5) is 23.0. The third-order valence-electron chi connectivity index (χ3n) is 2.92. The molecule has 0 saturated heterocycles. The Bertz CT molecular complexity index is 698. The van der Waals surface area contributed by atoms with E-state index in [-0.39, 0.29) is 5.91 Å². The van der Waals surface area contributed by atoms with Crippen molar-refractivity contribution in [3.05, 3.63) is 53.6 Å². The van der Waals surface area contributed by atoms with Crippen LogP contribution in [0, 0.1) is 6.92 Å². The zero-order valence-electron chi connectivity index (χ0n) is 11.5. The normalized spacial score (nSPS) is 9.95. The third kappa shape index (κ3) is 3.73. The number of anilines is 3. The lowest BCUT2D eigenvalue weighted by Gasteiger charge is -2.09. The first-order valence-electron chi connectivity index (χ1n) is 6.29. The smallest absolute Gasteiger partial charge is 0.316 e. The molecule has 6 N–H and O–H groups in total. The number of hydrogen-bond donors (Lipinski definition) is 4. The van der Waals surface area contributed by atoms with Crippen molar-refractivity contribution in [1.82, 2.24) is 0 Å². The van der Waals surface area contributed by atoms with Gasteiger partial charge < -0.3 is 22.1 Å². The summed E-state index contributed by atoms with van der Waals surface area (Å²) in [5, 5.41) is 5.19. The fraction of sp³-hybridized carbons (Fsp3) is 0.0667. The average Bonchev–Trinajstić information content (AvgIpc) is 2.41. The summed E-state index contributed by atoms with van der Waals surface area (Å²) in [6, 6.07) is 11.1. The second kappa shape index (κ2) is 5.96. The van der Waals surface area contributed by atoms with Crippen LogP contribution >= 0.6 is 0 Å². The highest BCUT2D eigenvalue weighted by molar-refractivity contribution is 6.05. The Kier molecular flexibility index (Phi) is 4.08. The van der Waals surface area contributed by atoms with Crippen molar-refractivity contribution in [2.24, 2.45) is 5.73 Å². The van der Waals surface area contributed by atoms with Crippen molar-refractivity contribution in [2.75, 3.05) is 16.4 Å². The van der Waals surface area contributed by atoms with Crippen LogP contribution in [0.4, 0.5) is 21.9 Å². The van der Waals surface area contributed by atoms with Crippen molar-refractivity contribution in [3.63, 3.8) is 0 Å². The fourth-order valence-electron chi connectivity index (χ4n) is 1.84. The van der Waals surface area contributed by atoms with Crippen LogP contribution in [0.3, 0.4) is 0 Å². The summed E-state index contributed by atoms with van der Waals surface area (Å²) in [6.45, 7) is 1.84. The maximum absolute atomic E-state index is 12.1. The number of rotatable bonds is 3. The number of benzene rings is 2. The highest BCUT2D eigenvalue weighted by Gasteiger charge is 2.08. The van der Waals surface area contributed by atoms with Gasteiger partial charge in [-0.05, 0) is 48.9 Å². The number of carbonyl (C=O) groups excluding carboxylic acids is 2. The number of carbonyl (C=O) groups is 2. The summed E-state index contributed by atoms with van der Waals surface area (Å²) in [6.07, 6.45) is 0. The summed E-state index contributed by atoms with van der Waals surface area (Å²) in [5.41, 5.74) is 13.8. The largest absolute Gasteiger partial charge is 0.399 e. The maximum Gasteiger partial charge on any atom is 0.316 e. The van der Waals surface area contributed by atoms with Crippen molar-refractivity contribution in [2.45, 2.75) is 6.92 Å². The van der Waals surface area contributed by atoms with Gasteiger partial charge in [-0.25, -0.2) is 4.79 Å². The van der Waals surface area contributed by atoms with E-state index in [4.69, 9.17) is 11.5 Å². The molecule has 6 nitrogen and oxygen atoms in total. The Morgan fingerprint density at radius 2 is 1.67 bits per heavy atom. The highest BCUT2D eigenvalue weighted by Crippen LogP contribution is 2.17. The van der Waals surface area contributed by atoms with Crippen LogP contribution < -0.4 is 22.1 Å². The molecule has 0 unspecified atom stereocenters. The zero-order chi connectivity index (χ0) is 15.4. The maximum atomic E-state index is 12.1. The molecule has 0 aliphatic carbocycles. The molecule has 0 aliphatic heterocycles. The van der Waals surface area contributed by atoms with Gasteiger partial charge in [0, 0.05) is 22.6 Å². The first kappa shape index (κ1) is 14.4. The molecule has 0 aromatic heterocycles. The van der Waals surface area contributed by atoms with Crippen LogP contribution in [0.5, 0.6) is 0 Å². The van der Waals surface area contributed by atoms with Crippen LogP contribution in [-0.4, -0.2) is 11.9 Å². The first-order valence-corrected chi connectivity index (χ1v) is 6.29. The summed E-state index contributed by atoms with van der Waals surface area (Å²) >= 11 is 0. The van der Waals surface area contributed by atoms with E-state index >= 15 is 0 Å². The van der Waals surface area contributed by atoms with Crippen molar-refractivity contribution < 1.29 is 9.59 Å². The second-order valence-electron chi connectivity index (χ2n) is 4.60. The van der Waals surface area contributed by atoms with Crippen LogP contribution in [0.25, 0.3) is 0 Å². The van der Waals surface area contributed by atoms with Gasteiger partial charge in [0.2, 0.25) is 0 Å². The molecule has 0 fully saturated rings. The van der Waals surface area contributed by atoms with E-state index in [1.54, 1.807) is 42.5 Å². The van der Waals surface area contributed by atoms with Gasteiger partial charge in [0.25, 0.3) is 5.91 Å². The highest BCUT2D eigenvalue weighted by atomic mass is 16.2. The van der Waals surface area contributed by atoms with Gasteiger partial charge in [0.15, 0.2) is 0 Å². The molecule has 2 aromatic carbocycles. The number of nitrogens with two attached hydrogens (primary N) is 2. The molecule has 0 heterocycles. The number of aryl methyl sites for hydroxylation is 1. The van der Waals surface area contributed by atoms with Gasteiger partial charge in [-0.15, -0.1) is 0 Å². The van der Waals surface area contributed by atoms with E-state index in [9.17, 15) is 9.59 Å². The molecule has 0 atom stereocenters. The van der Waals surface area contributed by atoms with E-state index < -0.39 is 6.03 Å². The number of nitrogens with one attached hydrogen (secondary N) is 2. The number of urea groups is 1. The van der Waals surface area contributed by atoms with E-state index in [0.717, 1.165) is 5.56 Å². The topological polar surface area (TPSA) is 110 Å². The molecule has 6 heteroatoms. The van der Waals surface area contributed by atoms with Crippen LogP contribution in [0.2, 0.25) is 0 Å². The van der Waals surface area contributed by atoms with Gasteiger partial charge in [0.05, 0.1) is 0 Å². The number of amides is 3. The molecule has 3 amide bonds. The van der Waals surface area contributed by atoms with E-state index in [1.165, 1.54) is 0 Å². The molecule has 0 spiro atoms. The van der Waals surface area contributed by atoms with E-state index in [0.29, 0.717) is 22.6 Å². The van der Waals surface area contributed by atoms with E-state index in [1.807, 2.05) is 6.92 Å². The molecule has 0 radical (unpaired) electrons. The SMILES string of the molecule is Cc1cc(C(=O)Nc2cccc(NC(N)=O)c2)ccc1N. The van der Waals surface area contributed by atoms with Crippen molar-refractivity contribution >= 4 is 29.0 Å². The van der Waals surface area contributed by atoms with Gasteiger partial charge in [-0.3, -0.25) is 4.79 Å². The van der Waals surface area contributed by atoms with E-state index in [2.05, 4.69) is 10.6 Å². The zero-order valence-corrected chi connectivity index (χ0v) is 11.5. The Balaban J connectivity index is 2.15. The van der Waals surface area contributed by atoms with Crippen molar-refractivity contribution in [1.29, 1.82) is 0 Å². The molecule has 108 valence electrons. The molecule has 21 heavy (non-hydrogen) atoms. The monoisotopic (exact) mass is 284 g/mol. The quantitative estimate of drug-likeness (QED) is 0.649. The van der Waals surface area contributed by atoms with Crippen LogP contribution in [0.1, 0.15) is 15.9 Å². The summed E-state index contributed by atoms with van der Waals surface area (Å²) < 4.78 is 0. The molecule has 2 rings (SSSR count). The molecule has 2 aromatic rings.